The van der Waals surface area contributed by atoms with Crippen molar-refractivity contribution >= 4 is 10.4 Å². The molecule has 0 aromatic carbocycles. The van der Waals surface area contributed by atoms with E-state index in [9.17, 15) is 0 Å². The van der Waals surface area contributed by atoms with E-state index in [4.69, 9.17) is 17.5 Å². The van der Waals surface area contributed by atoms with E-state index < -0.39 is 10.4 Å². The Labute approximate surface area is 157 Å². The van der Waals surface area contributed by atoms with Crippen molar-refractivity contribution in [3.8, 4) is 0 Å². The van der Waals surface area contributed by atoms with E-state index in [1.807, 2.05) is 0 Å². The van der Waals surface area contributed by atoms with Crippen LogP contribution >= 0.6 is 0 Å². The monoisotopic (exact) mass is 384 g/mol. The SMILES string of the molecule is CCCN(CCC)CCC.CCCN(CCC)CCC.O=S(=O)(O)O. The second kappa shape index (κ2) is 21.8. The van der Waals surface area contributed by atoms with E-state index in [0.29, 0.717) is 0 Å². The number of hydrogen-bond donors (Lipinski definition) is 2. The van der Waals surface area contributed by atoms with Crippen molar-refractivity contribution in [2.24, 2.45) is 0 Å². The van der Waals surface area contributed by atoms with Gasteiger partial charge in [0.25, 0.3) is 0 Å². The largest absolute Gasteiger partial charge is 0.394 e. The third kappa shape index (κ3) is 35.7. The van der Waals surface area contributed by atoms with Gasteiger partial charge in [0.1, 0.15) is 0 Å². The zero-order chi connectivity index (χ0) is 20.1. The molecule has 0 rings (SSSR count). The predicted octanol–water partition coefficient (Wildman–Crippen LogP) is 4.38. The smallest absolute Gasteiger partial charge is 0.303 e. The van der Waals surface area contributed by atoms with Crippen molar-refractivity contribution in [3.63, 3.8) is 0 Å². The molecule has 0 aliphatic heterocycles. The molecule has 0 saturated heterocycles. The minimum absolute atomic E-state index is 1.28. The maximum Gasteiger partial charge on any atom is 0.394 e. The molecule has 2 N–H and O–H groups in total. The highest BCUT2D eigenvalue weighted by molar-refractivity contribution is 7.79. The lowest BCUT2D eigenvalue weighted by Crippen LogP contribution is -2.26. The van der Waals surface area contributed by atoms with Crippen LogP contribution < -0.4 is 0 Å². The fourth-order valence-electron chi connectivity index (χ4n) is 2.57. The summed E-state index contributed by atoms with van der Waals surface area (Å²) in [5.74, 6) is 0. The van der Waals surface area contributed by atoms with Crippen molar-refractivity contribution in [2.75, 3.05) is 39.3 Å². The van der Waals surface area contributed by atoms with Crippen LogP contribution in [0, 0.1) is 0 Å². The van der Waals surface area contributed by atoms with E-state index >= 15 is 0 Å². The fraction of sp³-hybridized carbons (Fsp3) is 1.00. The maximum absolute atomic E-state index is 8.74. The third-order valence-electron chi connectivity index (χ3n) is 3.24. The zero-order valence-corrected chi connectivity index (χ0v) is 18.3. The second-order valence-electron chi connectivity index (χ2n) is 6.13. The van der Waals surface area contributed by atoms with Crippen molar-refractivity contribution in [1.29, 1.82) is 0 Å². The van der Waals surface area contributed by atoms with Crippen LogP contribution in [-0.4, -0.2) is 66.6 Å². The Hall–Kier alpha value is -0.210. The number of rotatable bonds is 12. The molecule has 0 saturated carbocycles. The highest BCUT2D eigenvalue weighted by Crippen LogP contribution is 1.95. The summed E-state index contributed by atoms with van der Waals surface area (Å²) in [7, 11) is -4.67. The van der Waals surface area contributed by atoms with Crippen LogP contribution in [0.2, 0.25) is 0 Å². The molecule has 0 aliphatic carbocycles. The van der Waals surface area contributed by atoms with Crippen LogP contribution in [0.5, 0.6) is 0 Å². The van der Waals surface area contributed by atoms with Gasteiger partial charge in [-0.2, -0.15) is 8.42 Å². The Balaban J connectivity index is -0.000000308. The summed E-state index contributed by atoms with van der Waals surface area (Å²) in [6.07, 6.45) is 7.75. The topological polar surface area (TPSA) is 81.1 Å². The van der Waals surface area contributed by atoms with Crippen molar-refractivity contribution in [2.45, 2.75) is 80.1 Å². The first kappa shape index (κ1) is 29.5. The zero-order valence-electron chi connectivity index (χ0n) is 17.5. The molecule has 0 atom stereocenters. The van der Waals surface area contributed by atoms with E-state index in [0.717, 1.165) is 0 Å². The van der Waals surface area contributed by atoms with Gasteiger partial charge in [0.05, 0.1) is 0 Å². The molecule has 0 aliphatic rings. The Morgan fingerprint density at radius 1 is 0.520 bits per heavy atom. The Bertz CT molecular complexity index is 283. The first-order valence-corrected chi connectivity index (χ1v) is 11.2. The van der Waals surface area contributed by atoms with Gasteiger partial charge in [0, 0.05) is 0 Å². The molecule has 0 radical (unpaired) electrons. The predicted molar refractivity (Wildman–Crippen MR) is 109 cm³/mol. The minimum atomic E-state index is -4.67. The fourth-order valence-corrected chi connectivity index (χ4v) is 2.57. The summed E-state index contributed by atoms with van der Waals surface area (Å²) in [5.41, 5.74) is 0. The van der Waals surface area contributed by atoms with E-state index in [-0.39, 0.29) is 0 Å². The molecule has 0 unspecified atom stereocenters. The molecule has 0 heterocycles. The molecule has 156 valence electrons. The van der Waals surface area contributed by atoms with Crippen LogP contribution in [0.15, 0.2) is 0 Å². The molecule has 0 fully saturated rings. The maximum atomic E-state index is 8.74. The van der Waals surface area contributed by atoms with Gasteiger partial charge in [-0.25, -0.2) is 0 Å². The van der Waals surface area contributed by atoms with Crippen molar-refractivity contribution < 1.29 is 17.5 Å². The van der Waals surface area contributed by atoms with Crippen LogP contribution in [0.4, 0.5) is 0 Å². The Kier molecular flexibility index (Phi) is 25.8. The van der Waals surface area contributed by atoms with Crippen molar-refractivity contribution in [1.82, 2.24) is 9.80 Å². The Morgan fingerprint density at radius 2 is 0.640 bits per heavy atom. The number of hydrogen-bond acceptors (Lipinski definition) is 4. The first-order chi connectivity index (χ1) is 11.7. The lowest BCUT2D eigenvalue weighted by atomic mass is 10.3. The quantitative estimate of drug-likeness (QED) is 0.486. The molecule has 7 heteroatoms. The van der Waals surface area contributed by atoms with E-state index in [1.165, 1.54) is 77.8 Å². The molecule has 0 aromatic rings. The number of nitrogens with zero attached hydrogens (tertiary/aromatic N) is 2. The van der Waals surface area contributed by atoms with E-state index in [2.05, 4.69) is 51.3 Å². The van der Waals surface area contributed by atoms with Crippen LogP contribution in [0.25, 0.3) is 0 Å². The summed E-state index contributed by atoms with van der Waals surface area (Å²) in [6, 6.07) is 0. The molecule has 25 heavy (non-hydrogen) atoms. The van der Waals surface area contributed by atoms with Gasteiger partial charge in [-0.15, -0.1) is 0 Å². The third-order valence-corrected chi connectivity index (χ3v) is 3.24. The van der Waals surface area contributed by atoms with Gasteiger partial charge < -0.3 is 9.80 Å². The molecule has 0 aromatic heterocycles. The molecular weight excluding hydrogens is 340 g/mol. The first-order valence-electron chi connectivity index (χ1n) is 9.84. The second-order valence-corrected chi connectivity index (χ2v) is 7.03. The Morgan fingerprint density at radius 3 is 0.720 bits per heavy atom. The summed E-state index contributed by atoms with van der Waals surface area (Å²) < 4.78 is 31.6. The molecular formula is C18H44N2O4S. The molecule has 0 amide bonds. The van der Waals surface area contributed by atoms with Gasteiger partial charge in [0.15, 0.2) is 0 Å². The van der Waals surface area contributed by atoms with Crippen LogP contribution in [0.1, 0.15) is 80.1 Å². The van der Waals surface area contributed by atoms with Gasteiger partial charge >= 0.3 is 10.4 Å². The average molecular weight is 385 g/mol. The van der Waals surface area contributed by atoms with Crippen LogP contribution in [-0.2, 0) is 10.4 Å². The summed E-state index contributed by atoms with van der Waals surface area (Å²) in [6.45, 7) is 21.2. The normalized spacial score (nSPS) is 11.0. The van der Waals surface area contributed by atoms with E-state index in [1.54, 1.807) is 0 Å². The molecule has 6 nitrogen and oxygen atoms in total. The van der Waals surface area contributed by atoms with Crippen LogP contribution in [0.3, 0.4) is 0 Å². The van der Waals surface area contributed by atoms with Gasteiger partial charge in [-0.1, -0.05) is 41.5 Å². The average Bonchev–Trinajstić information content (AvgIpc) is 2.48. The lowest BCUT2D eigenvalue weighted by molar-refractivity contribution is 0.275. The van der Waals surface area contributed by atoms with Crippen molar-refractivity contribution in [3.05, 3.63) is 0 Å². The van der Waals surface area contributed by atoms with Gasteiger partial charge in [-0.3, -0.25) is 9.11 Å². The highest BCUT2D eigenvalue weighted by atomic mass is 32.3. The standard InChI is InChI=1S/2C9H21N.H2O4S/c2*1-4-7-10(8-5-2)9-6-3;1-5(2,3)4/h2*4-9H2,1-3H3;(H2,1,2,3,4). The summed E-state index contributed by atoms with van der Waals surface area (Å²) >= 11 is 0. The minimum Gasteiger partial charge on any atom is -0.303 e. The van der Waals surface area contributed by atoms with Gasteiger partial charge in [0.2, 0.25) is 0 Å². The highest BCUT2D eigenvalue weighted by Gasteiger charge is 1.99. The summed E-state index contributed by atoms with van der Waals surface area (Å²) in [5, 5.41) is 0. The summed E-state index contributed by atoms with van der Waals surface area (Å²) in [4.78, 5) is 5.08. The molecule has 0 bridgehead atoms. The molecule has 0 spiro atoms. The lowest BCUT2D eigenvalue weighted by Gasteiger charge is -2.19. The van der Waals surface area contributed by atoms with Gasteiger partial charge in [-0.05, 0) is 77.8 Å².